The van der Waals surface area contributed by atoms with E-state index < -0.39 is 24.7 Å². The van der Waals surface area contributed by atoms with E-state index in [-0.39, 0.29) is 29.0 Å². The minimum atomic E-state index is -2.40. The summed E-state index contributed by atoms with van der Waals surface area (Å²) in [6, 6.07) is 3.28. The maximum Gasteiger partial charge on any atom is 0.228 e. The van der Waals surface area contributed by atoms with E-state index in [4.69, 9.17) is 8.85 Å². The molecule has 0 aliphatic carbocycles. The Bertz CT molecular complexity index is 1460. The third-order valence-corrected chi connectivity index (χ3v) is 5.63. The summed E-state index contributed by atoms with van der Waals surface area (Å²) in [5.41, 5.74) is 2.79. The molecule has 1 saturated heterocycles. The lowest BCUT2D eigenvalue weighted by molar-refractivity contribution is -0.0178. The first-order valence-corrected chi connectivity index (χ1v) is 10.4. The van der Waals surface area contributed by atoms with E-state index in [1.807, 2.05) is 11.8 Å². The van der Waals surface area contributed by atoms with Gasteiger partial charge in [0.15, 0.2) is 5.65 Å². The Kier molecular flexibility index (Phi) is 4.41. The summed E-state index contributed by atoms with van der Waals surface area (Å²) in [5.74, 6) is -1.19. The van der Waals surface area contributed by atoms with E-state index in [2.05, 4.69) is 25.0 Å². The van der Waals surface area contributed by atoms with Gasteiger partial charge in [-0.1, -0.05) is 0 Å². The van der Waals surface area contributed by atoms with Gasteiger partial charge in [-0.05, 0) is 32.9 Å². The lowest BCUT2D eigenvalue weighted by atomic mass is 10.1. The highest BCUT2D eigenvalue weighted by molar-refractivity contribution is 5.88. The lowest BCUT2D eigenvalue weighted by Gasteiger charge is -2.36. The van der Waals surface area contributed by atoms with E-state index in [1.165, 1.54) is 18.5 Å². The van der Waals surface area contributed by atoms with Crippen LogP contribution >= 0.6 is 0 Å². The number of morpholine rings is 1. The van der Waals surface area contributed by atoms with Crippen LogP contribution < -0.4 is 4.90 Å². The van der Waals surface area contributed by atoms with Crippen molar-refractivity contribution in [3.63, 3.8) is 0 Å². The predicted molar refractivity (Wildman–Crippen MR) is 119 cm³/mol. The van der Waals surface area contributed by atoms with E-state index in [1.54, 1.807) is 13.8 Å². The second-order valence-corrected chi connectivity index (χ2v) is 8.12. The Balaban J connectivity index is 1.59. The Morgan fingerprint density at radius 3 is 2.67 bits per heavy atom. The topological polar surface area (TPSA) is 81.9 Å². The van der Waals surface area contributed by atoms with Gasteiger partial charge in [0, 0.05) is 41.0 Å². The standard InChI is InChI=1S/C23H23F2N7O/c1-12-9-32(11-19(33-12)15-8-26-31(4)10-15)23-29-20(17-6-5-16(24)7-18(17)25)21-22(30-23)28-14(3)13(2)27-21/h5-8,10,12,19H,9,11H2,1-4H3/t12-,19-/m0/s1/i4D3. The van der Waals surface area contributed by atoms with Gasteiger partial charge in [-0.3, -0.25) is 4.68 Å². The number of hydrogen-bond donors (Lipinski definition) is 0. The van der Waals surface area contributed by atoms with Crippen LogP contribution in [0.1, 0.15) is 34.1 Å². The molecule has 1 fully saturated rings. The fourth-order valence-corrected chi connectivity index (χ4v) is 3.91. The third-order valence-electron chi connectivity index (χ3n) is 5.63. The maximum atomic E-state index is 14.8. The molecule has 0 radical (unpaired) electrons. The highest BCUT2D eigenvalue weighted by Gasteiger charge is 2.30. The van der Waals surface area contributed by atoms with E-state index in [0.717, 1.165) is 16.8 Å². The molecule has 2 atom stereocenters. The van der Waals surface area contributed by atoms with Crippen molar-refractivity contribution in [2.45, 2.75) is 33.0 Å². The van der Waals surface area contributed by atoms with E-state index in [0.29, 0.717) is 35.6 Å². The fraction of sp³-hybridized carbons (Fsp3) is 0.348. The van der Waals surface area contributed by atoms with Gasteiger partial charge >= 0.3 is 0 Å². The molecule has 33 heavy (non-hydrogen) atoms. The van der Waals surface area contributed by atoms with Crippen LogP contribution in [0.25, 0.3) is 22.4 Å². The van der Waals surface area contributed by atoms with Crippen molar-refractivity contribution < 1.29 is 17.6 Å². The maximum absolute atomic E-state index is 14.8. The minimum absolute atomic E-state index is 0.0828. The van der Waals surface area contributed by atoms with Gasteiger partial charge in [-0.15, -0.1) is 0 Å². The number of benzene rings is 1. The SMILES string of the molecule is [2H]C([2H])([2H])n1cc([C@@H]2CN(c3nc(-c4ccc(F)cc4F)c4nc(C)c(C)nc4n3)C[C@H](C)O2)cn1. The van der Waals surface area contributed by atoms with Crippen molar-refractivity contribution in [2.24, 2.45) is 6.98 Å². The smallest absolute Gasteiger partial charge is 0.228 e. The monoisotopic (exact) mass is 454 g/mol. The van der Waals surface area contributed by atoms with Crippen molar-refractivity contribution in [3.8, 4) is 11.3 Å². The number of rotatable bonds is 3. The van der Waals surface area contributed by atoms with Gasteiger partial charge in [0.25, 0.3) is 0 Å². The Morgan fingerprint density at radius 1 is 1.09 bits per heavy atom. The number of aryl methyl sites for hydroxylation is 3. The van der Waals surface area contributed by atoms with Crippen LogP contribution in [0.3, 0.4) is 0 Å². The molecule has 0 bridgehead atoms. The van der Waals surface area contributed by atoms with Gasteiger partial charge < -0.3 is 9.64 Å². The zero-order valence-electron chi connectivity index (χ0n) is 21.3. The zero-order valence-corrected chi connectivity index (χ0v) is 18.3. The number of ether oxygens (including phenoxy) is 1. The van der Waals surface area contributed by atoms with Crippen LogP contribution in [0.5, 0.6) is 0 Å². The second-order valence-electron chi connectivity index (χ2n) is 8.12. The van der Waals surface area contributed by atoms with Gasteiger partial charge in [0.2, 0.25) is 5.95 Å². The Hall–Kier alpha value is -3.53. The normalized spacial score (nSPS) is 20.5. The van der Waals surface area contributed by atoms with E-state index >= 15 is 0 Å². The van der Waals surface area contributed by atoms with E-state index in [9.17, 15) is 8.78 Å². The van der Waals surface area contributed by atoms with Crippen LogP contribution in [0.15, 0.2) is 30.6 Å². The summed E-state index contributed by atoms with van der Waals surface area (Å²) in [6.45, 7) is 3.79. The first-order chi connectivity index (χ1) is 17.0. The van der Waals surface area contributed by atoms with Gasteiger partial charge in [0.1, 0.15) is 28.9 Å². The van der Waals surface area contributed by atoms with Crippen molar-refractivity contribution in [2.75, 3.05) is 18.0 Å². The molecule has 4 aromatic rings. The molecule has 8 nitrogen and oxygen atoms in total. The number of fused-ring (bicyclic) bond motifs is 1. The summed E-state index contributed by atoms with van der Waals surface area (Å²) < 4.78 is 58.1. The summed E-state index contributed by atoms with van der Waals surface area (Å²) in [4.78, 5) is 20.2. The van der Waals surface area contributed by atoms with Crippen molar-refractivity contribution in [3.05, 3.63) is 59.2 Å². The molecule has 3 aromatic heterocycles. The Morgan fingerprint density at radius 2 is 1.91 bits per heavy atom. The Labute approximate surface area is 193 Å². The quantitative estimate of drug-likeness (QED) is 0.467. The molecule has 0 amide bonds. The average Bonchev–Trinajstić information content (AvgIpc) is 3.30. The van der Waals surface area contributed by atoms with Gasteiger partial charge in [-0.2, -0.15) is 10.1 Å². The number of anilines is 1. The predicted octanol–water partition coefficient (Wildman–Crippen LogP) is 3.68. The number of aromatic nitrogens is 6. The van der Waals surface area contributed by atoms with Crippen LogP contribution in [0, 0.1) is 25.5 Å². The molecular formula is C23H23F2N7O. The molecule has 1 aromatic carbocycles. The van der Waals surface area contributed by atoms with Crippen LogP contribution in [0.4, 0.5) is 14.7 Å². The first kappa shape index (κ1) is 18.0. The summed E-state index contributed by atoms with van der Waals surface area (Å²) in [7, 11) is 0. The molecular weight excluding hydrogens is 428 g/mol. The molecule has 1 aliphatic heterocycles. The average molecular weight is 454 g/mol. The van der Waals surface area contributed by atoms with Gasteiger partial charge in [0.05, 0.1) is 30.2 Å². The third kappa shape index (κ3) is 4.02. The van der Waals surface area contributed by atoms with Crippen LogP contribution in [-0.2, 0) is 11.7 Å². The number of hydrogen-bond acceptors (Lipinski definition) is 7. The van der Waals surface area contributed by atoms with Gasteiger partial charge in [-0.25, -0.2) is 23.7 Å². The molecule has 0 unspecified atom stereocenters. The molecule has 10 heteroatoms. The molecule has 1 aliphatic rings. The lowest BCUT2D eigenvalue weighted by Crippen LogP contribution is -2.43. The molecule has 0 spiro atoms. The minimum Gasteiger partial charge on any atom is -0.367 e. The highest BCUT2D eigenvalue weighted by atomic mass is 19.1. The fourth-order valence-electron chi connectivity index (χ4n) is 3.91. The van der Waals surface area contributed by atoms with Crippen LogP contribution in [-0.4, -0.2) is 48.9 Å². The first-order valence-electron chi connectivity index (χ1n) is 11.9. The largest absolute Gasteiger partial charge is 0.367 e. The highest BCUT2D eigenvalue weighted by Crippen LogP contribution is 2.32. The molecule has 170 valence electrons. The molecule has 5 rings (SSSR count). The molecule has 4 heterocycles. The van der Waals surface area contributed by atoms with Crippen molar-refractivity contribution >= 4 is 17.1 Å². The zero-order chi connectivity index (χ0) is 25.8. The van der Waals surface area contributed by atoms with Crippen molar-refractivity contribution in [1.29, 1.82) is 0 Å². The summed E-state index contributed by atoms with van der Waals surface area (Å²) in [5, 5.41) is 3.95. The van der Waals surface area contributed by atoms with Crippen molar-refractivity contribution in [1.82, 2.24) is 29.7 Å². The molecule has 0 saturated carbocycles. The summed E-state index contributed by atoms with van der Waals surface area (Å²) in [6.07, 6.45) is 2.15. The number of halogens is 2. The summed E-state index contributed by atoms with van der Waals surface area (Å²) >= 11 is 0. The second kappa shape index (κ2) is 8.11. The molecule has 0 N–H and O–H groups in total. The van der Waals surface area contributed by atoms with Crippen LogP contribution in [0.2, 0.25) is 0 Å². The number of nitrogens with zero attached hydrogens (tertiary/aromatic N) is 7.